The van der Waals surface area contributed by atoms with Crippen LogP contribution in [0.5, 0.6) is 0 Å². The summed E-state index contributed by atoms with van der Waals surface area (Å²) in [4.78, 5) is 25.2. The average Bonchev–Trinajstić information content (AvgIpc) is 3.03. The highest BCUT2D eigenvalue weighted by atomic mass is 16.2. The second-order valence-electron chi connectivity index (χ2n) is 6.10. The van der Waals surface area contributed by atoms with Gasteiger partial charge in [-0.25, -0.2) is 0 Å². The predicted octanol–water partition coefficient (Wildman–Crippen LogP) is 2.42. The Morgan fingerprint density at radius 3 is 2.17 bits per heavy atom. The molecule has 0 fully saturated rings. The van der Waals surface area contributed by atoms with Crippen molar-refractivity contribution in [3.8, 4) is 0 Å². The van der Waals surface area contributed by atoms with Crippen molar-refractivity contribution >= 4 is 17.9 Å². The van der Waals surface area contributed by atoms with Crippen molar-refractivity contribution < 1.29 is 9.59 Å². The molecule has 24 heavy (non-hydrogen) atoms. The smallest absolute Gasteiger partial charge is 0.248 e. The van der Waals surface area contributed by atoms with Gasteiger partial charge in [-0.1, -0.05) is 36.4 Å². The molecule has 0 aliphatic heterocycles. The summed E-state index contributed by atoms with van der Waals surface area (Å²) in [5.74, 6) is -0.478. The Labute approximate surface area is 141 Å². The van der Waals surface area contributed by atoms with E-state index in [1.165, 1.54) is 11.1 Å². The number of carbonyl (C=O) groups excluding carboxylic acids is 2. The monoisotopic (exact) mass is 320 g/mol. The van der Waals surface area contributed by atoms with Gasteiger partial charge in [0.1, 0.15) is 0 Å². The van der Waals surface area contributed by atoms with E-state index in [9.17, 15) is 9.59 Å². The fourth-order valence-corrected chi connectivity index (χ4v) is 3.03. The number of primary amides is 1. The topological polar surface area (TPSA) is 63.4 Å². The SMILES string of the molecule is CN(C(=O)/C=C/c1ccc(C(N)=O)cc1)C1Cc2ccccc2C1. The van der Waals surface area contributed by atoms with Crippen LogP contribution in [-0.4, -0.2) is 29.8 Å². The van der Waals surface area contributed by atoms with E-state index >= 15 is 0 Å². The number of fused-ring (bicyclic) bond motifs is 1. The van der Waals surface area contributed by atoms with E-state index in [1.807, 2.05) is 19.2 Å². The van der Waals surface area contributed by atoms with Crippen molar-refractivity contribution in [2.24, 2.45) is 5.73 Å². The molecule has 0 unspecified atom stereocenters. The summed E-state index contributed by atoms with van der Waals surface area (Å²) in [6.07, 6.45) is 5.13. The fraction of sp³-hybridized carbons (Fsp3) is 0.200. The molecular weight excluding hydrogens is 300 g/mol. The molecule has 0 heterocycles. The number of hydrogen-bond donors (Lipinski definition) is 1. The highest BCUT2D eigenvalue weighted by Crippen LogP contribution is 2.24. The summed E-state index contributed by atoms with van der Waals surface area (Å²) < 4.78 is 0. The van der Waals surface area contributed by atoms with Crippen molar-refractivity contribution in [2.45, 2.75) is 18.9 Å². The third-order valence-corrected chi connectivity index (χ3v) is 4.54. The standard InChI is InChI=1S/C20H20N2O2/c1-22(18-12-16-4-2-3-5-17(16)13-18)19(23)11-8-14-6-9-15(10-7-14)20(21)24/h2-11,18H,12-13H2,1H3,(H2,21,24)/b11-8+. The maximum absolute atomic E-state index is 12.4. The maximum Gasteiger partial charge on any atom is 0.248 e. The Kier molecular flexibility index (Phi) is 4.47. The van der Waals surface area contributed by atoms with Crippen molar-refractivity contribution in [3.05, 3.63) is 76.9 Å². The number of nitrogens with two attached hydrogens (primary N) is 1. The molecule has 0 saturated carbocycles. The lowest BCUT2D eigenvalue weighted by molar-refractivity contribution is -0.126. The lowest BCUT2D eigenvalue weighted by atomic mass is 10.1. The normalized spacial score (nSPS) is 13.9. The second-order valence-corrected chi connectivity index (χ2v) is 6.10. The number of carbonyl (C=O) groups is 2. The molecule has 4 heteroatoms. The Morgan fingerprint density at radius 2 is 1.62 bits per heavy atom. The molecule has 2 amide bonds. The summed E-state index contributed by atoms with van der Waals surface area (Å²) in [6.45, 7) is 0. The molecule has 2 aromatic rings. The van der Waals surface area contributed by atoms with Crippen LogP contribution in [0, 0.1) is 0 Å². The minimum Gasteiger partial charge on any atom is -0.366 e. The fourth-order valence-electron chi connectivity index (χ4n) is 3.03. The molecule has 2 aromatic carbocycles. The highest BCUT2D eigenvalue weighted by Gasteiger charge is 2.26. The van der Waals surface area contributed by atoms with Crippen LogP contribution in [0.1, 0.15) is 27.0 Å². The Balaban J connectivity index is 1.63. The van der Waals surface area contributed by atoms with E-state index in [-0.39, 0.29) is 11.9 Å². The average molecular weight is 320 g/mol. The quantitative estimate of drug-likeness (QED) is 0.879. The van der Waals surface area contributed by atoms with Crippen molar-refractivity contribution in [3.63, 3.8) is 0 Å². The summed E-state index contributed by atoms with van der Waals surface area (Å²) in [7, 11) is 1.85. The molecule has 0 radical (unpaired) electrons. The molecule has 0 aromatic heterocycles. The van der Waals surface area contributed by atoms with Crippen LogP contribution in [0.4, 0.5) is 0 Å². The van der Waals surface area contributed by atoms with E-state index in [0.29, 0.717) is 5.56 Å². The zero-order valence-corrected chi connectivity index (χ0v) is 13.6. The van der Waals surface area contributed by atoms with E-state index in [1.54, 1.807) is 41.3 Å². The van der Waals surface area contributed by atoms with Crippen LogP contribution in [-0.2, 0) is 17.6 Å². The Hall–Kier alpha value is -2.88. The summed E-state index contributed by atoms with van der Waals surface area (Å²) in [5.41, 5.74) is 9.18. The van der Waals surface area contributed by atoms with Gasteiger partial charge in [-0.05, 0) is 47.7 Å². The first-order chi connectivity index (χ1) is 11.5. The van der Waals surface area contributed by atoms with Crippen LogP contribution in [0.15, 0.2) is 54.6 Å². The second kappa shape index (κ2) is 6.71. The minimum absolute atomic E-state index is 0.0215. The van der Waals surface area contributed by atoms with Crippen molar-refractivity contribution in [1.82, 2.24) is 4.90 Å². The molecular formula is C20H20N2O2. The minimum atomic E-state index is -0.456. The largest absolute Gasteiger partial charge is 0.366 e. The van der Waals surface area contributed by atoms with Gasteiger partial charge in [-0.15, -0.1) is 0 Å². The van der Waals surface area contributed by atoms with Gasteiger partial charge in [0.15, 0.2) is 0 Å². The summed E-state index contributed by atoms with van der Waals surface area (Å²) in [6, 6.07) is 15.4. The molecule has 122 valence electrons. The molecule has 2 N–H and O–H groups in total. The number of likely N-dealkylation sites (N-methyl/N-ethyl adjacent to an activating group) is 1. The van der Waals surface area contributed by atoms with Crippen molar-refractivity contribution in [1.29, 1.82) is 0 Å². The zero-order chi connectivity index (χ0) is 17.1. The summed E-state index contributed by atoms with van der Waals surface area (Å²) in [5, 5.41) is 0. The number of benzene rings is 2. The molecule has 1 aliphatic carbocycles. The molecule has 3 rings (SSSR count). The third kappa shape index (κ3) is 3.38. The van der Waals surface area contributed by atoms with Crippen LogP contribution >= 0.6 is 0 Å². The maximum atomic E-state index is 12.4. The first-order valence-corrected chi connectivity index (χ1v) is 7.96. The van der Waals surface area contributed by atoms with Crippen LogP contribution in [0.3, 0.4) is 0 Å². The first kappa shape index (κ1) is 16.0. The third-order valence-electron chi connectivity index (χ3n) is 4.54. The number of hydrogen-bond acceptors (Lipinski definition) is 2. The van der Waals surface area contributed by atoms with Crippen LogP contribution < -0.4 is 5.73 Å². The van der Waals surface area contributed by atoms with Gasteiger partial charge in [-0.2, -0.15) is 0 Å². The van der Waals surface area contributed by atoms with Gasteiger partial charge >= 0.3 is 0 Å². The van der Waals surface area contributed by atoms with Crippen LogP contribution in [0.2, 0.25) is 0 Å². The zero-order valence-electron chi connectivity index (χ0n) is 13.6. The predicted molar refractivity (Wildman–Crippen MR) is 94.4 cm³/mol. The Morgan fingerprint density at radius 1 is 1.04 bits per heavy atom. The number of nitrogens with zero attached hydrogens (tertiary/aromatic N) is 1. The van der Waals surface area contributed by atoms with Crippen LogP contribution in [0.25, 0.3) is 6.08 Å². The highest BCUT2D eigenvalue weighted by molar-refractivity contribution is 5.94. The van der Waals surface area contributed by atoms with Gasteiger partial charge in [0.05, 0.1) is 0 Å². The van der Waals surface area contributed by atoms with Gasteiger partial charge in [-0.3, -0.25) is 9.59 Å². The summed E-state index contributed by atoms with van der Waals surface area (Å²) >= 11 is 0. The lowest BCUT2D eigenvalue weighted by Gasteiger charge is -2.22. The van der Waals surface area contributed by atoms with E-state index in [2.05, 4.69) is 12.1 Å². The van der Waals surface area contributed by atoms with E-state index < -0.39 is 5.91 Å². The molecule has 0 saturated heterocycles. The Bertz CT molecular complexity index is 769. The lowest BCUT2D eigenvalue weighted by Crippen LogP contribution is -2.36. The van der Waals surface area contributed by atoms with Crippen molar-refractivity contribution in [2.75, 3.05) is 7.05 Å². The first-order valence-electron chi connectivity index (χ1n) is 7.96. The van der Waals surface area contributed by atoms with Gasteiger partial charge in [0.25, 0.3) is 0 Å². The molecule has 0 bridgehead atoms. The van der Waals surface area contributed by atoms with Gasteiger partial charge < -0.3 is 10.6 Å². The number of rotatable bonds is 4. The van der Waals surface area contributed by atoms with Gasteiger partial charge in [0.2, 0.25) is 11.8 Å². The van der Waals surface area contributed by atoms with E-state index in [4.69, 9.17) is 5.73 Å². The molecule has 1 aliphatic rings. The molecule has 4 nitrogen and oxygen atoms in total. The molecule has 0 atom stereocenters. The van der Waals surface area contributed by atoms with Gasteiger partial charge in [0, 0.05) is 24.7 Å². The van der Waals surface area contributed by atoms with E-state index in [0.717, 1.165) is 18.4 Å². The molecule has 0 spiro atoms. The number of amides is 2.